The highest BCUT2D eigenvalue weighted by molar-refractivity contribution is 6.30. The fourth-order valence-electron chi connectivity index (χ4n) is 1.41. The average Bonchev–Trinajstić information content (AvgIpc) is 2.71. The van der Waals surface area contributed by atoms with E-state index in [1.165, 1.54) is 6.07 Å². The lowest BCUT2D eigenvalue weighted by molar-refractivity contribution is 0.627. The van der Waals surface area contributed by atoms with Crippen molar-refractivity contribution in [3.63, 3.8) is 0 Å². The number of aromatic nitrogens is 2. The summed E-state index contributed by atoms with van der Waals surface area (Å²) in [5, 5.41) is 7.42. The second kappa shape index (κ2) is 4.63. The lowest BCUT2D eigenvalue weighted by atomic mass is 10.3. The van der Waals surface area contributed by atoms with E-state index in [2.05, 4.69) is 10.4 Å². The second-order valence-electron chi connectivity index (χ2n) is 3.38. The van der Waals surface area contributed by atoms with Crippen molar-refractivity contribution in [2.75, 3.05) is 7.05 Å². The maximum absolute atomic E-state index is 13.0. The molecule has 5 heteroatoms. The van der Waals surface area contributed by atoms with Gasteiger partial charge in [0.15, 0.2) is 0 Å². The summed E-state index contributed by atoms with van der Waals surface area (Å²) >= 11 is 5.70. The Hall–Kier alpha value is -1.39. The first-order valence-corrected chi connectivity index (χ1v) is 5.23. The lowest BCUT2D eigenvalue weighted by Crippen LogP contribution is -2.06. The molecule has 2 rings (SSSR count). The van der Waals surface area contributed by atoms with E-state index < -0.39 is 5.82 Å². The highest BCUT2D eigenvalue weighted by Gasteiger charge is 2.04. The Morgan fingerprint density at radius 3 is 2.94 bits per heavy atom. The monoisotopic (exact) mass is 239 g/mol. The first-order chi connectivity index (χ1) is 7.70. The van der Waals surface area contributed by atoms with E-state index in [1.807, 2.05) is 19.3 Å². The Bertz CT molecular complexity index is 496. The molecule has 0 aliphatic heterocycles. The highest BCUT2D eigenvalue weighted by Crippen LogP contribution is 2.18. The van der Waals surface area contributed by atoms with Crippen molar-refractivity contribution >= 4 is 11.6 Å². The van der Waals surface area contributed by atoms with E-state index >= 15 is 0 Å². The molecule has 0 unspecified atom stereocenters. The van der Waals surface area contributed by atoms with Crippen LogP contribution in [-0.4, -0.2) is 16.8 Å². The third-order valence-corrected chi connectivity index (χ3v) is 2.46. The molecule has 1 N–H and O–H groups in total. The van der Waals surface area contributed by atoms with Gasteiger partial charge in [0.05, 0.1) is 16.4 Å². The third-order valence-electron chi connectivity index (χ3n) is 2.17. The van der Waals surface area contributed by atoms with E-state index in [4.69, 9.17) is 11.6 Å². The first kappa shape index (κ1) is 11.1. The van der Waals surface area contributed by atoms with Crippen LogP contribution < -0.4 is 5.32 Å². The second-order valence-corrected chi connectivity index (χ2v) is 3.79. The van der Waals surface area contributed by atoms with Gasteiger partial charge in [-0.15, -0.1) is 0 Å². The molecule has 1 aromatic carbocycles. The molecule has 84 valence electrons. The van der Waals surface area contributed by atoms with Crippen molar-refractivity contribution in [1.29, 1.82) is 0 Å². The Balaban J connectivity index is 2.31. The number of hydrogen-bond acceptors (Lipinski definition) is 2. The zero-order chi connectivity index (χ0) is 11.5. The largest absolute Gasteiger partial charge is 0.314 e. The molecule has 0 aliphatic carbocycles. The molecule has 0 radical (unpaired) electrons. The van der Waals surface area contributed by atoms with Gasteiger partial charge in [-0.3, -0.25) is 0 Å². The molecule has 16 heavy (non-hydrogen) atoms. The summed E-state index contributed by atoms with van der Waals surface area (Å²) in [7, 11) is 1.85. The molecule has 0 spiro atoms. The Morgan fingerprint density at radius 1 is 1.44 bits per heavy atom. The van der Waals surface area contributed by atoms with Gasteiger partial charge in [0.2, 0.25) is 0 Å². The van der Waals surface area contributed by atoms with Crippen LogP contribution in [0.25, 0.3) is 5.69 Å². The van der Waals surface area contributed by atoms with Crippen molar-refractivity contribution in [1.82, 2.24) is 15.1 Å². The van der Waals surface area contributed by atoms with E-state index in [1.54, 1.807) is 16.8 Å². The molecular formula is C11H11ClFN3. The molecule has 3 nitrogen and oxygen atoms in total. The maximum Gasteiger partial charge on any atom is 0.141 e. The summed E-state index contributed by atoms with van der Waals surface area (Å²) in [6.45, 7) is 0.696. The van der Waals surface area contributed by atoms with Gasteiger partial charge in [0, 0.05) is 12.7 Å². The van der Waals surface area contributed by atoms with Gasteiger partial charge in [-0.05, 0) is 31.3 Å². The minimum atomic E-state index is -0.423. The van der Waals surface area contributed by atoms with Crippen molar-refractivity contribution in [2.45, 2.75) is 6.54 Å². The Labute approximate surface area is 97.8 Å². The smallest absolute Gasteiger partial charge is 0.141 e. The SMILES string of the molecule is CNCc1ccn(-c2ccc(F)c(Cl)c2)n1. The summed E-state index contributed by atoms with van der Waals surface area (Å²) in [4.78, 5) is 0. The van der Waals surface area contributed by atoms with E-state index in [9.17, 15) is 4.39 Å². The van der Waals surface area contributed by atoms with Gasteiger partial charge in [-0.25, -0.2) is 9.07 Å². The van der Waals surface area contributed by atoms with Crippen molar-refractivity contribution in [3.05, 3.63) is 47.0 Å². The predicted molar refractivity (Wildman–Crippen MR) is 61.3 cm³/mol. The van der Waals surface area contributed by atoms with Gasteiger partial charge in [-0.2, -0.15) is 5.10 Å². The van der Waals surface area contributed by atoms with E-state index in [0.717, 1.165) is 11.4 Å². The Kier molecular flexibility index (Phi) is 3.22. The number of nitrogens with zero attached hydrogens (tertiary/aromatic N) is 2. The molecular weight excluding hydrogens is 229 g/mol. The van der Waals surface area contributed by atoms with Crippen LogP contribution in [0.4, 0.5) is 4.39 Å². The fraction of sp³-hybridized carbons (Fsp3) is 0.182. The molecule has 2 aromatic rings. The maximum atomic E-state index is 13.0. The van der Waals surface area contributed by atoms with Crippen LogP contribution in [0.2, 0.25) is 5.02 Å². The minimum absolute atomic E-state index is 0.100. The summed E-state index contributed by atoms with van der Waals surface area (Å²) in [5.74, 6) is -0.423. The van der Waals surface area contributed by atoms with Gasteiger partial charge in [0.25, 0.3) is 0 Å². The molecule has 0 amide bonds. The molecule has 0 saturated heterocycles. The zero-order valence-corrected chi connectivity index (χ0v) is 9.50. The molecule has 0 aliphatic rings. The first-order valence-electron chi connectivity index (χ1n) is 4.85. The lowest BCUT2D eigenvalue weighted by Gasteiger charge is -2.02. The quantitative estimate of drug-likeness (QED) is 0.891. The van der Waals surface area contributed by atoms with Gasteiger partial charge < -0.3 is 5.32 Å². The molecule has 1 aromatic heterocycles. The number of nitrogens with one attached hydrogen (secondary N) is 1. The summed E-state index contributed by atoms with van der Waals surface area (Å²) < 4.78 is 14.6. The molecule has 0 saturated carbocycles. The normalized spacial score (nSPS) is 10.7. The van der Waals surface area contributed by atoms with Crippen molar-refractivity contribution < 1.29 is 4.39 Å². The van der Waals surface area contributed by atoms with Gasteiger partial charge in [-0.1, -0.05) is 11.6 Å². The highest BCUT2D eigenvalue weighted by atomic mass is 35.5. The predicted octanol–water partition coefficient (Wildman–Crippen LogP) is 2.38. The van der Waals surface area contributed by atoms with E-state index in [-0.39, 0.29) is 5.02 Å². The van der Waals surface area contributed by atoms with Crippen LogP contribution in [0, 0.1) is 5.82 Å². The Morgan fingerprint density at radius 2 is 2.25 bits per heavy atom. The van der Waals surface area contributed by atoms with Crippen LogP contribution in [0.5, 0.6) is 0 Å². The minimum Gasteiger partial charge on any atom is -0.314 e. The molecule has 0 bridgehead atoms. The van der Waals surface area contributed by atoms with Gasteiger partial charge >= 0.3 is 0 Å². The average molecular weight is 240 g/mol. The topological polar surface area (TPSA) is 29.9 Å². The molecule has 1 heterocycles. The summed E-state index contributed by atoms with van der Waals surface area (Å²) in [6.07, 6.45) is 1.82. The van der Waals surface area contributed by atoms with Crippen LogP contribution in [0.1, 0.15) is 5.69 Å². The standard InChI is InChI=1S/C11H11ClFN3/c1-14-7-8-4-5-16(15-8)9-2-3-11(13)10(12)6-9/h2-6,14H,7H2,1H3. The van der Waals surface area contributed by atoms with E-state index in [0.29, 0.717) is 6.54 Å². The fourth-order valence-corrected chi connectivity index (χ4v) is 1.58. The summed E-state index contributed by atoms with van der Waals surface area (Å²) in [6, 6.07) is 6.41. The number of halogens is 2. The van der Waals surface area contributed by atoms with Crippen molar-refractivity contribution in [2.24, 2.45) is 0 Å². The zero-order valence-electron chi connectivity index (χ0n) is 8.74. The van der Waals surface area contributed by atoms with Crippen molar-refractivity contribution in [3.8, 4) is 5.69 Å². The van der Waals surface area contributed by atoms with Crippen LogP contribution >= 0.6 is 11.6 Å². The van der Waals surface area contributed by atoms with Crippen LogP contribution in [0.3, 0.4) is 0 Å². The molecule has 0 fully saturated rings. The van der Waals surface area contributed by atoms with Crippen LogP contribution in [-0.2, 0) is 6.54 Å². The molecule has 0 atom stereocenters. The third kappa shape index (κ3) is 2.23. The number of benzene rings is 1. The van der Waals surface area contributed by atoms with Crippen LogP contribution in [0.15, 0.2) is 30.5 Å². The number of hydrogen-bond donors (Lipinski definition) is 1. The summed E-state index contributed by atoms with van der Waals surface area (Å²) in [5.41, 5.74) is 1.66. The number of rotatable bonds is 3. The van der Waals surface area contributed by atoms with Gasteiger partial charge in [0.1, 0.15) is 5.82 Å².